The van der Waals surface area contributed by atoms with Gasteiger partial charge in [-0.1, -0.05) is 17.7 Å². The summed E-state index contributed by atoms with van der Waals surface area (Å²) in [6, 6.07) is 14.1. The minimum Gasteiger partial charge on any atom is -0.507 e. The maximum Gasteiger partial charge on any atom is 0.312 e. The molecule has 0 fully saturated rings. The first kappa shape index (κ1) is 23.1. The zero-order valence-corrected chi connectivity index (χ0v) is 18.8. The molecule has 0 spiro atoms. The fraction of sp³-hybridized carbons (Fsp3) is 0.160. The number of primary amides is 1. The molecule has 8 nitrogen and oxygen atoms in total. The second-order valence-electron chi connectivity index (χ2n) is 7.61. The van der Waals surface area contributed by atoms with Crippen molar-refractivity contribution in [3.05, 3.63) is 81.9 Å². The summed E-state index contributed by atoms with van der Waals surface area (Å²) in [7, 11) is 1.44. The number of carbonyl (C=O) groups excluding carboxylic acids is 3. The molecule has 0 radical (unpaired) electrons. The van der Waals surface area contributed by atoms with E-state index >= 15 is 0 Å². The highest BCUT2D eigenvalue weighted by atomic mass is 35.5. The predicted molar refractivity (Wildman–Crippen MR) is 123 cm³/mol. The van der Waals surface area contributed by atoms with E-state index in [2.05, 4.69) is 0 Å². The van der Waals surface area contributed by atoms with Crippen LogP contribution in [-0.2, 0) is 9.59 Å². The number of esters is 1. The number of phenolic OH excluding ortho intramolecular Hbond substituents is 1. The number of amides is 1. The Balaban J connectivity index is 1.79. The van der Waals surface area contributed by atoms with E-state index in [0.29, 0.717) is 27.5 Å². The number of nitrogens with two attached hydrogens (primary N) is 1. The minimum absolute atomic E-state index is 0.0581. The van der Waals surface area contributed by atoms with E-state index < -0.39 is 23.6 Å². The van der Waals surface area contributed by atoms with Crippen LogP contribution in [0.4, 0.5) is 0 Å². The maximum atomic E-state index is 13.1. The largest absolute Gasteiger partial charge is 0.507 e. The molecule has 1 aliphatic rings. The highest BCUT2D eigenvalue weighted by Crippen LogP contribution is 2.46. The number of rotatable bonds is 7. The summed E-state index contributed by atoms with van der Waals surface area (Å²) in [4.78, 5) is 36.6. The van der Waals surface area contributed by atoms with Crippen LogP contribution >= 0.6 is 11.6 Å². The molecule has 1 aliphatic heterocycles. The van der Waals surface area contributed by atoms with Crippen molar-refractivity contribution < 1.29 is 33.7 Å². The number of methoxy groups -OCH3 is 1. The third kappa shape index (κ3) is 4.53. The lowest BCUT2D eigenvalue weighted by Gasteiger charge is -2.27. The normalized spacial score (nSPS) is 14.6. The van der Waals surface area contributed by atoms with Gasteiger partial charge in [-0.3, -0.25) is 14.4 Å². The molecule has 0 saturated carbocycles. The molecular weight excluding hydrogens is 462 g/mol. The lowest BCUT2D eigenvalue weighted by molar-refractivity contribution is -0.135. The van der Waals surface area contributed by atoms with Crippen molar-refractivity contribution in [3.63, 3.8) is 0 Å². The first-order valence-electron chi connectivity index (χ1n) is 10.2. The van der Waals surface area contributed by atoms with E-state index in [1.165, 1.54) is 19.2 Å². The van der Waals surface area contributed by atoms with E-state index in [1.54, 1.807) is 42.5 Å². The highest BCUT2D eigenvalue weighted by Gasteiger charge is 2.34. The summed E-state index contributed by atoms with van der Waals surface area (Å²) in [6.07, 6.45) is -0.0826. The Morgan fingerprint density at radius 3 is 2.53 bits per heavy atom. The standard InChI is InChI=1S/C25H20ClNO7/c1-32-18-8-4-14(10-20(18)33-12-21(27)28)17-11-22(29)34-19-9-7-16(25(31)23(17)19)24(30)13-2-5-15(26)6-3-13/h2-10,17,31H,11-12H2,1H3,(H2,27,28). The summed E-state index contributed by atoms with van der Waals surface area (Å²) < 4.78 is 16.1. The van der Waals surface area contributed by atoms with Crippen molar-refractivity contribution >= 4 is 29.3 Å². The lowest BCUT2D eigenvalue weighted by atomic mass is 9.84. The van der Waals surface area contributed by atoms with E-state index in [0.717, 1.165) is 0 Å². The van der Waals surface area contributed by atoms with Crippen LogP contribution in [0, 0.1) is 0 Å². The molecule has 3 aromatic carbocycles. The fourth-order valence-corrected chi connectivity index (χ4v) is 3.97. The van der Waals surface area contributed by atoms with Crippen LogP contribution in [0.2, 0.25) is 5.02 Å². The van der Waals surface area contributed by atoms with Crippen molar-refractivity contribution in [2.24, 2.45) is 5.73 Å². The molecule has 0 bridgehead atoms. The summed E-state index contributed by atoms with van der Waals surface area (Å²) in [6.45, 7) is -0.367. The van der Waals surface area contributed by atoms with Gasteiger partial charge < -0.3 is 25.1 Å². The molecule has 3 aromatic rings. The number of fused-ring (bicyclic) bond motifs is 1. The Kier molecular flexibility index (Phi) is 6.43. The lowest BCUT2D eigenvalue weighted by Crippen LogP contribution is -2.22. The van der Waals surface area contributed by atoms with Gasteiger partial charge in [0.1, 0.15) is 11.5 Å². The number of ether oxygens (including phenoxy) is 3. The van der Waals surface area contributed by atoms with Gasteiger partial charge in [0, 0.05) is 22.1 Å². The predicted octanol–water partition coefficient (Wildman–Crippen LogP) is 3.59. The van der Waals surface area contributed by atoms with Gasteiger partial charge in [0.2, 0.25) is 0 Å². The zero-order chi connectivity index (χ0) is 24.4. The van der Waals surface area contributed by atoms with Crippen LogP contribution < -0.4 is 19.9 Å². The van der Waals surface area contributed by atoms with Gasteiger partial charge in [-0.25, -0.2) is 0 Å². The smallest absolute Gasteiger partial charge is 0.312 e. The van der Waals surface area contributed by atoms with Crippen molar-refractivity contribution in [2.75, 3.05) is 13.7 Å². The van der Waals surface area contributed by atoms with Crippen LogP contribution in [0.25, 0.3) is 0 Å². The molecule has 1 atom stereocenters. The summed E-state index contributed by atoms with van der Waals surface area (Å²) in [5.74, 6) is -1.74. The van der Waals surface area contributed by atoms with E-state index in [-0.39, 0.29) is 35.8 Å². The average Bonchev–Trinajstić information content (AvgIpc) is 2.82. The summed E-state index contributed by atoms with van der Waals surface area (Å²) in [5.41, 5.74) is 6.46. The minimum atomic E-state index is -0.665. The first-order chi connectivity index (χ1) is 16.3. The summed E-state index contributed by atoms with van der Waals surface area (Å²) in [5, 5.41) is 11.6. The van der Waals surface area contributed by atoms with Gasteiger partial charge in [0.15, 0.2) is 23.9 Å². The van der Waals surface area contributed by atoms with Crippen LogP contribution in [0.5, 0.6) is 23.0 Å². The average molecular weight is 482 g/mol. The van der Waals surface area contributed by atoms with Gasteiger partial charge in [-0.05, 0) is 54.1 Å². The van der Waals surface area contributed by atoms with Gasteiger partial charge in [-0.15, -0.1) is 0 Å². The second-order valence-corrected chi connectivity index (χ2v) is 8.04. The van der Waals surface area contributed by atoms with Crippen molar-refractivity contribution in [1.29, 1.82) is 0 Å². The van der Waals surface area contributed by atoms with Gasteiger partial charge in [0.05, 0.1) is 19.1 Å². The molecular formula is C25H20ClNO7. The van der Waals surface area contributed by atoms with Gasteiger partial charge in [0.25, 0.3) is 5.91 Å². The number of hydrogen-bond acceptors (Lipinski definition) is 7. The molecule has 34 heavy (non-hydrogen) atoms. The maximum absolute atomic E-state index is 13.1. The third-order valence-electron chi connectivity index (χ3n) is 5.43. The molecule has 174 valence electrons. The Hall–Kier alpha value is -4.04. The third-order valence-corrected chi connectivity index (χ3v) is 5.68. The molecule has 4 rings (SSSR count). The molecule has 0 aromatic heterocycles. The SMILES string of the molecule is COc1ccc(C2CC(=O)Oc3ccc(C(=O)c4ccc(Cl)cc4)c(O)c32)cc1OCC(N)=O. The number of halogens is 1. The molecule has 0 saturated heterocycles. The molecule has 9 heteroatoms. The Morgan fingerprint density at radius 2 is 1.85 bits per heavy atom. The van der Waals surface area contributed by atoms with E-state index in [1.807, 2.05) is 0 Å². The van der Waals surface area contributed by atoms with Gasteiger partial charge >= 0.3 is 5.97 Å². The van der Waals surface area contributed by atoms with Crippen LogP contribution in [0.1, 0.15) is 39.4 Å². The van der Waals surface area contributed by atoms with Crippen LogP contribution in [0.15, 0.2) is 54.6 Å². The van der Waals surface area contributed by atoms with E-state index in [9.17, 15) is 19.5 Å². The number of hydrogen-bond donors (Lipinski definition) is 2. The van der Waals surface area contributed by atoms with E-state index in [4.69, 9.17) is 31.5 Å². The quantitative estimate of drug-likeness (QED) is 0.300. The zero-order valence-electron chi connectivity index (χ0n) is 18.0. The molecule has 3 N–H and O–H groups in total. The van der Waals surface area contributed by atoms with Gasteiger partial charge in [-0.2, -0.15) is 0 Å². The fourth-order valence-electron chi connectivity index (χ4n) is 3.84. The second kappa shape index (κ2) is 9.44. The number of ketones is 1. The van der Waals surface area contributed by atoms with Crippen molar-refractivity contribution in [3.8, 4) is 23.0 Å². The van der Waals surface area contributed by atoms with Crippen LogP contribution in [-0.4, -0.2) is 36.5 Å². The monoisotopic (exact) mass is 481 g/mol. The van der Waals surface area contributed by atoms with Crippen LogP contribution in [0.3, 0.4) is 0 Å². The number of phenols is 1. The number of carbonyl (C=O) groups is 3. The molecule has 1 unspecified atom stereocenters. The van der Waals surface area contributed by atoms with Crippen molar-refractivity contribution in [1.82, 2.24) is 0 Å². The Morgan fingerprint density at radius 1 is 1.12 bits per heavy atom. The first-order valence-corrected chi connectivity index (χ1v) is 10.6. The topological polar surface area (TPSA) is 125 Å². The highest BCUT2D eigenvalue weighted by molar-refractivity contribution is 6.30. The molecule has 0 aliphatic carbocycles. The summed E-state index contributed by atoms with van der Waals surface area (Å²) >= 11 is 5.91. The molecule has 1 amide bonds. The molecule has 1 heterocycles. The Bertz CT molecular complexity index is 1290. The number of benzene rings is 3. The van der Waals surface area contributed by atoms with Crippen molar-refractivity contribution in [2.45, 2.75) is 12.3 Å². The Labute approximate surface area is 199 Å². The number of aromatic hydroxyl groups is 1.